The Bertz CT molecular complexity index is 737. The molecule has 138 valence electrons. The molecule has 9 heteroatoms. The van der Waals surface area contributed by atoms with Gasteiger partial charge in [-0.05, 0) is 5.56 Å². The fourth-order valence-electron chi connectivity index (χ4n) is 3.35. The number of ether oxygens (including phenoxy) is 1. The van der Waals surface area contributed by atoms with Crippen LogP contribution in [0.15, 0.2) is 51.8 Å². The summed E-state index contributed by atoms with van der Waals surface area (Å²) >= 11 is 0. The van der Waals surface area contributed by atoms with Gasteiger partial charge < -0.3 is 25.6 Å². The molecule has 5 N–H and O–H groups in total. The molecule has 3 aliphatic rings. The summed E-state index contributed by atoms with van der Waals surface area (Å²) in [5, 5.41) is 21.5. The molecule has 1 aromatic carbocycles. The molecule has 0 saturated carbocycles. The van der Waals surface area contributed by atoms with Gasteiger partial charge in [-0.1, -0.05) is 30.3 Å². The molecule has 4 atom stereocenters. The minimum Gasteiger partial charge on any atom is -0.394 e. The van der Waals surface area contributed by atoms with Gasteiger partial charge in [-0.3, -0.25) is 5.01 Å². The number of nitrogens with two attached hydrogens (primary N) is 1. The van der Waals surface area contributed by atoms with Gasteiger partial charge in [0, 0.05) is 13.0 Å². The fraction of sp³-hybridized carbons (Fsp3) is 0.412. The van der Waals surface area contributed by atoms with E-state index < -0.39 is 18.4 Å². The van der Waals surface area contributed by atoms with Gasteiger partial charge >= 0.3 is 0 Å². The SMILES string of the molecule is NC1=C2N=CN([C@@H]3O[C@H](CO)C[C@H]3O)C2N(NCc2ccccc2)C=N1. The summed E-state index contributed by atoms with van der Waals surface area (Å²) in [5.41, 5.74) is 11.0. The average Bonchev–Trinajstić information content (AvgIpc) is 3.26. The van der Waals surface area contributed by atoms with Crippen LogP contribution in [0.2, 0.25) is 0 Å². The van der Waals surface area contributed by atoms with Crippen molar-refractivity contribution in [3.05, 3.63) is 47.4 Å². The Morgan fingerprint density at radius 2 is 2.04 bits per heavy atom. The summed E-state index contributed by atoms with van der Waals surface area (Å²) in [6.45, 7) is 0.462. The van der Waals surface area contributed by atoms with Gasteiger partial charge in [-0.2, -0.15) is 0 Å². The van der Waals surface area contributed by atoms with E-state index in [9.17, 15) is 10.2 Å². The van der Waals surface area contributed by atoms with E-state index in [-0.39, 0.29) is 12.8 Å². The van der Waals surface area contributed by atoms with Crippen LogP contribution in [-0.2, 0) is 11.3 Å². The van der Waals surface area contributed by atoms with Crippen LogP contribution >= 0.6 is 0 Å². The first-order valence-electron chi connectivity index (χ1n) is 8.53. The van der Waals surface area contributed by atoms with Crippen molar-refractivity contribution >= 4 is 12.7 Å². The monoisotopic (exact) mass is 358 g/mol. The van der Waals surface area contributed by atoms with Gasteiger partial charge in [0.05, 0.1) is 19.0 Å². The number of aliphatic hydroxyl groups excluding tert-OH is 2. The van der Waals surface area contributed by atoms with E-state index >= 15 is 0 Å². The Morgan fingerprint density at radius 3 is 2.77 bits per heavy atom. The zero-order chi connectivity index (χ0) is 18.1. The van der Waals surface area contributed by atoms with Gasteiger partial charge in [0.15, 0.2) is 18.2 Å². The van der Waals surface area contributed by atoms with Crippen molar-refractivity contribution in [2.45, 2.75) is 37.6 Å². The van der Waals surface area contributed by atoms with Crippen molar-refractivity contribution in [2.75, 3.05) is 6.61 Å². The smallest absolute Gasteiger partial charge is 0.167 e. The fourth-order valence-corrected chi connectivity index (χ4v) is 3.35. The van der Waals surface area contributed by atoms with Crippen LogP contribution < -0.4 is 11.2 Å². The standard InChI is InChI=1S/C17H22N6O3/c18-15-14-16(22(9-19-14)17-13(25)6-12(8-24)26-17)23(10-20-15)21-7-11-4-2-1-3-5-11/h1-5,9-10,12-13,16-17,21,24-25H,6-8,18H2/t12-,13+,16?,17+/m0/s1. The lowest BCUT2D eigenvalue weighted by Crippen LogP contribution is -2.57. The quantitative estimate of drug-likeness (QED) is 0.550. The molecule has 0 spiro atoms. The molecule has 1 unspecified atom stereocenters. The van der Waals surface area contributed by atoms with Crippen molar-refractivity contribution in [1.82, 2.24) is 15.3 Å². The Hall–Kier alpha value is -2.46. The minimum absolute atomic E-state index is 0.133. The maximum absolute atomic E-state index is 10.3. The third-order valence-corrected chi connectivity index (χ3v) is 4.68. The van der Waals surface area contributed by atoms with Crippen molar-refractivity contribution in [3.8, 4) is 0 Å². The van der Waals surface area contributed by atoms with Crippen LogP contribution in [0.4, 0.5) is 0 Å². The van der Waals surface area contributed by atoms with Crippen molar-refractivity contribution in [2.24, 2.45) is 15.7 Å². The molecule has 4 rings (SSSR count). The number of nitrogens with one attached hydrogen (secondary N) is 1. The molecule has 0 amide bonds. The van der Waals surface area contributed by atoms with E-state index in [0.717, 1.165) is 5.56 Å². The molecule has 3 aliphatic heterocycles. The number of hydrogen-bond donors (Lipinski definition) is 4. The Balaban J connectivity index is 1.52. The van der Waals surface area contributed by atoms with E-state index in [4.69, 9.17) is 10.5 Å². The third-order valence-electron chi connectivity index (χ3n) is 4.68. The Morgan fingerprint density at radius 1 is 1.23 bits per heavy atom. The molecule has 3 heterocycles. The number of benzene rings is 1. The molecule has 1 saturated heterocycles. The molecule has 1 aromatic rings. The number of fused-ring (bicyclic) bond motifs is 1. The highest BCUT2D eigenvalue weighted by Gasteiger charge is 2.45. The second-order valence-corrected chi connectivity index (χ2v) is 6.44. The van der Waals surface area contributed by atoms with E-state index in [1.807, 2.05) is 30.3 Å². The number of rotatable bonds is 5. The first kappa shape index (κ1) is 17.0. The van der Waals surface area contributed by atoms with Gasteiger partial charge in [-0.25, -0.2) is 15.4 Å². The molecule has 0 aromatic heterocycles. The number of hydrogen-bond acceptors (Lipinski definition) is 9. The zero-order valence-electron chi connectivity index (χ0n) is 14.1. The van der Waals surface area contributed by atoms with E-state index in [1.165, 1.54) is 0 Å². The van der Waals surface area contributed by atoms with Crippen molar-refractivity contribution < 1.29 is 14.9 Å². The lowest BCUT2D eigenvalue weighted by Gasteiger charge is -2.39. The van der Waals surface area contributed by atoms with Gasteiger partial charge in [0.2, 0.25) is 0 Å². The number of nitrogens with zero attached hydrogens (tertiary/aromatic N) is 4. The number of aliphatic imine (C=N–C) groups is 2. The summed E-state index contributed by atoms with van der Waals surface area (Å²) in [4.78, 5) is 10.3. The van der Waals surface area contributed by atoms with Crippen LogP contribution in [0.25, 0.3) is 0 Å². The molecule has 0 radical (unpaired) electrons. The highest BCUT2D eigenvalue weighted by atomic mass is 16.5. The van der Waals surface area contributed by atoms with E-state index in [1.54, 1.807) is 22.6 Å². The summed E-state index contributed by atoms with van der Waals surface area (Å²) in [6.07, 6.45) is 1.47. The molecular formula is C17H22N6O3. The van der Waals surface area contributed by atoms with Crippen molar-refractivity contribution in [3.63, 3.8) is 0 Å². The molecular weight excluding hydrogens is 336 g/mol. The lowest BCUT2D eigenvalue weighted by atomic mass is 10.2. The largest absolute Gasteiger partial charge is 0.394 e. The Labute approximate surface area is 151 Å². The molecule has 1 fully saturated rings. The van der Waals surface area contributed by atoms with Gasteiger partial charge in [0.1, 0.15) is 18.1 Å². The molecule has 9 nitrogen and oxygen atoms in total. The summed E-state index contributed by atoms with van der Waals surface area (Å²) in [6, 6.07) is 9.98. The normalized spacial score (nSPS) is 30.4. The molecule has 26 heavy (non-hydrogen) atoms. The minimum atomic E-state index is -0.728. The van der Waals surface area contributed by atoms with E-state index in [2.05, 4.69) is 15.4 Å². The predicted octanol–water partition coefficient (Wildman–Crippen LogP) is -0.699. The number of aliphatic hydroxyl groups is 2. The third kappa shape index (κ3) is 3.06. The van der Waals surface area contributed by atoms with Gasteiger partial charge in [-0.15, -0.1) is 0 Å². The van der Waals surface area contributed by atoms with Crippen LogP contribution in [0.1, 0.15) is 12.0 Å². The first-order chi connectivity index (χ1) is 12.7. The summed E-state index contributed by atoms with van der Waals surface area (Å²) in [5.74, 6) is 0.331. The molecule has 0 bridgehead atoms. The first-order valence-corrected chi connectivity index (χ1v) is 8.53. The van der Waals surface area contributed by atoms with Gasteiger partial charge in [0.25, 0.3) is 0 Å². The molecule has 0 aliphatic carbocycles. The van der Waals surface area contributed by atoms with Crippen LogP contribution in [0, 0.1) is 0 Å². The zero-order valence-corrected chi connectivity index (χ0v) is 14.1. The van der Waals surface area contributed by atoms with E-state index in [0.29, 0.717) is 24.5 Å². The lowest BCUT2D eigenvalue weighted by molar-refractivity contribution is -0.0909. The highest BCUT2D eigenvalue weighted by Crippen LogP contribution is 2.32. The van der Waals surface area contributed by atoms with Crippen LogP contribution in [0.3, 0.4) is 0 Å². The average molecular weight is 358 g/mol. The topological polar surface area (TPSA) is 119 Å². The summed E-state index contributed by atoms with van der Waals surface area (Å²) in [7, 11) is 0. The van der Waals surface area contributed by atoms with Crippen molar-refractivity contribution in [1.29, 1.82) is 0 Å². The maximum atomic E-state index is 10.3. The highest BCUT2D eigenvalue weighted by molar-refractivity contribution is 5.69. The van der Waals surface area contributed by atoms with Crippen LogP contribution in [-0.4, -0.2) is 64.0 Å². The predicted molar refractivity (Wildman–Crippen MR) is 95.3 cm³/mol. The second kappa shape index (κ2) is 7.04. The second-order valence-electron chi connectivity index (χ2n) is 6.44. The Kier molecular flexibility index (Phi) is 4.60. The van der Waals surface area contributed by atoms with Crippen LogP contribution in [0.5, 0.6) is 0 Å². The maximum Gasteiger partial charge on any atom is 0.167 e. The summed E-state index contributed by atoms with van der Waals surface area (Å²) < 4.78 is 5.77. The number of hydrazine groups is 1.